The second-order valence-electron chi connectivity index (χ2n) is 3.76. The van der Waals surface area contributed by atoms with Crippen molar-refractivity contribution in [2.75, 3.05) is 12.9 Å². The van der Waals surface area contributed by atoms with Crippen molar-refractivity contribution in [2.24, 2.45) is 7.05 Å². The monoisotopic (exact) mass is 279 g/mol. The molecule has 0 radical (unpaired) electrons. The number of carbonyl (C=O) groups excluding carboxylic acids is 1. The lowest BCUT2D eigenvalue weighted by Gasteiger charge is -2.07. The highest BCUT2D eigenvalue weighted by atomic mass is 32.2. The maximum atomic E-state index is 12.0. The number of fused-ring (bicyclic) bond motifs is 1. The van der Waals surface area contributed by atoms with Gasteiger partial charge in [-0.2, -0.15) is 0 Å². The number of carbonyl (C=O) groups is 1. The highest BCUT2D eigenvalue weighted by Crippen LogP contribution is 2.17. The third-order valence-electron chi connectivity index (χ3n) is 2.58. The van der Waals surface area contributed by atoms with Gasteiger partial charge in [0.2, 0.25) is 5.69 Å². The number of aryl methyl sites for hydroxylation is 1. The second kappa shape index (κ2) is 5.40. The fraction of sp³-hybridized carbons (Fsp3) is 0.333. The minimum atomic E-state index is -0.709. The van der Waals surface area contributed by atoms with Crippen LogP contribution < -0.4 is 5.56 Å². The molecule has 2 aromatic rings. The van der Waals surface area contributed by atoms with Crippen molar-refractivity contribution < 1.29 is 9.53 Å². The lowest BCUT2D eigenvalue weighted by molar-refractivity contribution is 0.0517. The summed E-state index contributed by atoms with van der Waals surface area (Å²) in [5.74, 6) is -0.709. The molecule has 0 fully saturated rings. The van der Waals surface area contributed by atoms with E-state index in [1.807, 2.05) is 6.26 Å². The van der Waals surface area contributed by atoms with Crippen molar-refractivity contribution in [3.8, 4) is 0 Å². The minimum Gasteiger partial charge on any atom is -0.461 e. The number of ether oxygens (including phenoxy) is 1. The molecule has 0 bridgehead atoms. The Bertz CT molecular complexity index is 696. The van der Waals surface area contributed by atoms with Crippen molar-refractivity contribution >= 4 is 28.9 Å². The molecule has 2 aromatic heterocycles. The molecule has 0 N–H and O–H groups in total. The Morgan fingerprint density at radius 1 is 1.53 bits per heavy atom. The highest BCUT2D eigenvalue weighted by Gasteiger charge is 2.17. The van der Waals surface area contributed by atoms with Gasteiger partial charge in [-0.25, -0.2) is 14.8 Å². The zero-order chi connectivity index (χ0) is 14.0. The molecule has 6 nitrogen and oxygen atoms in total. The van der Waals surface area contributed by atoms with Crippen LogP contribution in [0.2, 0.25) is 0 Å². The molecular weight excluding hydrogens is 266 g/mol. The summed E-state index contributed by atoms with van der Waals surface area (Å²) in [6.45, 7) is 1.88. The number of aromatic nitrogens is 3. The summed E-state index contributed by atoms with van der Waals surface area (Å²) < 4.78 is 6.13. The van der Waals surface area contributed by atoms with Crippen LogP contribution in [-0.4, -0.2) is 33.4 Å². The van der Waals surface area contributed by atoms with E-state index in [1.54, 1.807) is 26.2 Å². The molecule has 100 valence electrons. The first-order valence-electron chi connectivity index (χ1n) is 5.66. The average molecular weight is 279 g/mol. The maximum Gasteiger partial charge on any atom is 0.362 e. The third-order valence-corrected chi connectivity index (χ3v) is 3.28. The highest BCUT2D eigenvalue weighted by molar-refractivity contribution is 7.98. The standard InChI is InChI=1S/C12H13N3O3S/c1-4-18-12(17)9-11(16)15(2)10-8(14-9)5-7(19-3)6-13-10/h5-6H,4H2,1-3H3. The Morgan fingerprint density at radius 2 is 2.26 bits per heavy atom. The van der Waals surface area contributed by atoms with E-state index < -0.39 is 11.5 Å². The number of thioether (sulfide) groups is 1. The molecule has 19 heavy (non-hydrogen) atoms. The molecule has 0 spiro atoms. The predicted octanol–water partition coefficient (Wildman–Crippen LogP) is 1.23. The number of pyridine rings is 1. The van der Waals surface area contributed by atoms with E-state index in [0.29, 0.717) is 11.2 Å². The van der Waals surface area contributed by atoms with Gasteiger partial charge in [0.25, 0.3) is 5.56 Å². The average Bonchev–Trinajstić information content (AvgIpc) is 2.42. The number of hydrogen-bond donors (Lipinski definition) is 0. The van der Waals surface area contributed by atoms with E-state index in [-0.39, 0.29) is 12.3 Å². The lowest BCUT2D eigenvalue weighted by atomic mass is 10.3. The van der Waals surface area contributed by atoms with Gasteiger partial charge >= 0.3 is 5.97 Å². The molecule has 0 atom stereocenters. The fourth-order valence-corrected chi connectivity index (χ4v) is 2.02. The van der Waals surface area contributed by atoms with Crippen molar-refractivity contribution in [3.63, 3.8) is 0 Å². The maximum absolute atomic E-state index is 12.0. The zero-order valence-electron chi connectivity index (χ0n) is 10.8. The van der Waals surface area contributed by atoms with E-state index in [4.69, 9.17) is 4.74 Å². The van der Waals surface area contributed by atoms with Crippen LogP contribution in [0.25, 0.3) is 11.2 Å². The SMILES string of the molecule is CCOC(=O)c1nc2cc(SC)cnc2n(C)c1=O. The molecule has 0 saturated heterocycles. The summed E-state index contributed by atoms with van der Waals surface area (Å²) in [7, 11) is 1.56. The van der Waals surface area contributed by atoms with Gasteiger partial charge in [0.15, 0.2) is 5.65 Å². The van der Waals surface area contributed by atoms with Crippen LogP contribution in [0.1, 0.15) is 17.4 Å². The van der Waals surface area contributed by atoms with Gasteiger partial charge in [-0.3, -0.25) is 9.36 Å². The predicted molar refractivity (Wildman–Crippen MR) is 72.5 cm³/mol. The van der Waals surface area contributed by atoms with Crippen molar-refractivity contribution in [3.05, 3.63) is 28.3 Å². The van der Waals surface area contributed by atoms with Gasteiger partial charge in [-0.05, 0) is 19.2 Å². The zero-order valence-corrected chi connectivity index (χ0v) is 11.7. The summed E-state index contributed by atoms with van der Waals surface area (Å²) in [6, 6.07) is 1.79. The smallest absolute Gasteiger partial charge is 0.362 e. The van der Waals surface area contributed by atoms with E-state index in [2.05, 4.69) is 9.97 Å². The fourth-order valence-electron chi connectivity index (χ4n) is 1.64. The molecule has 0 saturated carbocycles. The van der Waals surface area contributed by atoms with Crippen molar-refractivity contribution in [2.45, 2.75) is 11.8 Å². The number of nitrogens with zero attached hydrogens (tertiary/aromatic N) is 3. The van der Waals surface area contributed by atoms with Gasteiger partial charge in [-0.1, -0.05) is 0 Å². The summed E-state index contributed by atoms with van der Waals surface area (Å²) in [5.41, 5.74) is 0.222. The van der Waals surface area contributed by atoms with Crippen LogP contribution in [0, 0.1) is 0 Å². The minimum absolute atomic E-state index is 0.199. The topological polar surface area (TPSA) is 74.1 Å². The van der Waals surface area contributed by atoms with Gasteiger partial charge in [0.1, 0.15) is 5.52 Å². The lowest BCUT2D eigenvalue weighted by Crippen LogP contribution is -2.28. The molecule has 0 amide bonds. The van der Waals surface area contributed by atoms with Crippen LogP contribution in [0.5, 0.6) is 0 Å². The Balaban J connectivity index is 2.70. The van der Waals surface area contributed by atoms with Crippen LogP contribution in [0.3, 0.4) is 0 Å². The van der Waals surface area contributed by atoms with E-state index >= 15 is 0 Å². The van der Waals surface area contributed by atoms with Crippen LogP contribution in [-0.2, 0) is 11.8 Å². The molecule has 2 heterocycles. The number of rotatable bonds is 3. The molecule has 0 aliphatic rings. The van der Waals surface area contributed by atoms with Crippen molar-refractivity contribution in [1.29, 1.82) is 0 Å². The largest absolute Gasteiger partial charge is 0.461 e. The van der Waals surface area contributed by atoms with E-state index in [1.165, 1.54) is 16.3 Å². The second-order valence-corrected chi connectivity index (χ2v) is 4.64. The first-order chi connectivity index (χ1) is 9.08. The van der Waals surface area contributed by atoms with Crippen molar-refractivity contribution in [1.82, 2.24) is 14.5 Å². The van der Waals surface area contributed by atoms with Gasteiger partial charge in [-0.15, -0.1) is 11.8 Å². The number of esters is 1. The van der Waals surface area contributed by atoms with E-state index in [9.17, 15) is 9.59 Å². The molecule has 2 rings (SSSR count). The van der Waals surface area contributed by atoms with Crippen LogP contribution in [0.4, 0.5) is 0 Å². The summed E-state index contributed by atoms with van der Waals surface area (Å²) in [6.07, 6.45) is 3.58. The molecular formula is C12H13N3O3S. The van der Waals surface area contributed by atoms with Gasteiger partial charge in [0, 0.05) is 18.1 Å². The Labute approximate surface area is 113 Å². The molecule has 0 unspecified atom stereocenters. The molecule has 0 aromatic carbocycles. The van der Waals surface area contributed by atoms with Gasteiger partial charge < -0.3 is 4.74 Å². The Kier molecular flexibility index (Phi) is 3.84. The van der Waals surface area contributed by atoms with Crippen LogP contribution >= 0.6 is 11.8 Å². The van der Waals surface area contributed by atoms with E-state index in [0.717, 1.165) is 4.90 Å². The number of hydrogen-bond acceptors (Lipinski definition) is 6. The Morgan fingerprint density at radius 3 is 2.89 bits per heavy atom. The third kappa shape index (κ3) is 2.46. The van der Waals surface area contributed by atoms with Crippen LogP contribution in [0.15, 0.2) is 22.0 Å². The summed E-state index contributed by atoms with van der Waals surface area (Å²) in [4.78, 5) is 32.9. The first kappa shape index (κ1) is 13.5. The normalized spacial score (nSPS) is 10.7. The molecule has 0 aliphatic heterocycles. The molecule has 0 aliphatic carbocycles. The molecule has 7 heteroatoms. The Hall–Kier alpha value is -1.89. The summed E-state index contributed by atoms with van der Waals surface area (Å²) in [5, 5.41) is 0. The van der Waals surface area contributed by atoms with Gasteiger partial charge in [0.05, 0.1) is 6.61 Å². The first-order valence-corrected chi connectivity index (χ1v) is 6.88. The quantitative estimate of drug-likeness (QED) is 0.621. The summed E-state index contributed by atoms with van der Waals surface area (Å²) >= 11 is 1.51.